The fraction of sp³-hybridized carbons (Fsp3) is 0.429. The molecule has 0 aliphatic carbocycles. The van der Waals surface area contributed by atoms with Gasteiger partial charge < -0.3 is 50.3 Å². The van der Waals surface area contributed by atoms with Crippen molar-refractivity contribution >= 4 is 67.3 Å². The van der Waals surface area contributed by atoms with Crippen molar-refractivity contribution in [1.82, 2.24) is 31.3 Å². The van der Waals surface area contributed by atoms with Crippen LogP contribution >= 0.6 is 0 Å². The molecule has 518 valence electrons. The van der Waals surface area contributed by atoms with Gasteiger partial charge in [0, 0.05) is 23.7 Å². The molecule has 0 saturated carbocycles. The second-order valence-corrected chi connectivity index (χ2v) is 28.8. The molecule has 97 heavy (non-hydrogen) atoms. The zero-order valence-corrected chi connectivity index (χ0v) is 59.0. The highest BCUT2D eigenvalue weighted by Gasteiger charge is 2.39. The van der Waals surface area contributed by atoms with Crippen LogP contribution in [-0.2, 0) is 58.1 Å². The van der Waals surface area contributed by atoms with Crippen LogP contribution in [0.3, 0.4) is 0 Å². The van der Waals surface area contributed by atoms with E-state index in [1.54, 1.807) is 41.5 Å². The zero-order chi connectivity index (χ0) is 70.2. The van der Waals surface area contributed by atoms with Gasteiger partial charge in [-0.2, -0.15) is 0 Å². The maximum Gasteiger partial charge on any atom is 0.407 e. The van der Waals surface area contributed by atoms with Crippen molar-refractivity contribution in [2.75, 3.05) is 19.8 Å². The standard InChI is InChI=1S/C77H97N7O12S/c1-13-26-63(73(88)94-46-55-30-18-15-19-31-55)83-72(87)62(37-25-42-79-74(78)84-97(90,91)70-52(6)51(5)69-60(53(70)7)44-49(3)77(11,12)95-69)82-71(86)61(36-24-27-50(4)80-75(89)96-76(8,9)10)81-66(85)47-93-65-41-39-57-33-21-23-35-59(57)68(65)67-58-34-22-20-32-56(58)38-40-64(67)92-45-48(2)43-54-28-16-14-17-29-54/h14-23,28-35,38-41,48-50,61-63H,13,24-27,36-37,42-47H2,1-12H3,(H,80,89)(H,81,85)(H,82,86)(H,83,87)(H3,78,79,84)/t48-,49+,50-,61+,62+,63-/m0/s1. The highest BCUT2D eigenvalue weighted by Crippen LogP contribution is 2.47. The number of hydrogen-bond donors (Lipinski definition) is 7. The third-order valence-electron chi connectivity index (χ3n) is 17.8. The van der Waals surface area contributed by atoms with E-state index < -0.39 is 87.7 Å². The van der Waals surface area contributed by atoms with Crippen LogP contribution in [0.4, 0.5) is 4.79 Å². The minimum atomic E-state index is -4.30. The topological polar surface area (TPSA) is 262 Å². The van der Waals surface area contributed by atoms with Crippen molar-refractivity contribution in [3.8, 4) is 28.4 Å². The summed E-state index contributed by atoms with van der Waals surface area (Å²) < 4.78 is 61.8. The molecule has 7 N–H and O–H groups in total. The number of esters is 1. The molecule has 7 aromatic carbocycles. The van der Waals surface area contributed by atoms with Gasteiger partial charge in [-0.1, -0.05) is 149 Å². The van der Waals surface area contributed by atoms with Crippen LogP contribution in [0.2, 0.25) is 0 Å². The van der Waals surface area contributed by atoms with E-state index in [0.29, 0.717) is 71.8 Å². The van der Waals surface area contributed by atoms with Crippen LogP contribution in [0.15, 0.2) is 138 Å². The summed E-state index contributed by atoms with van der Waals surface area (Å²) >= 11 is 0. The summed E-state index contributed by atoms with van der Waals surface area (Å²) in [6, 6.07) is 38.9. The van der Waals surface area contributed by atoms with Crippen molar-refractivity contribution in [1.29, 1.82) is 5.41 Å². The van der Waals surface area contributed by atoms with E-state index in [4.69, 9.17) is 29.1 Å². The van der Waals surface area contributed by atoms with Crippen molar-refractivity contribution in [2.24, 2.45) is 11.8 Å². The summed E-state index contributed by atoms with van der Waals surface area (Å²) in [6.45, 7) is 22.3. The predicted molar refractivity (Wildman–Crippen MR) is 380 cm³/mol. The molecular weight excluding hydrogens is 1250 g/mol. The van der Waals surface area contributed by atoms with Gasteiger partial charge in [-0.25, -0.2) is 22.7 Å². The molecule has 0 saturated heterocycles. The summed E-state index contributed by atoms with van der Waals surface area (Å²) in [5.41, 5.74) is 4.79. The Morgan fingerprint density at radius 3 is 1.82 bits per heavy atom. The maximum absolute atomic E-state index is 15.0. The predicted octanol–water partition coefficient (Wildman–Crippen LogP) is 12.9. The van der Waals surface area contributed by atoms with Crippen LogP contribution in [-0.4, -0.2) is 99.3 Å². The lowest BCUT2D eigenvalue weighted by Gasteiger charge is -2.40. The van der Waals surface area contributed by atoms with Gasteiger partial charge in [-0.15, -0.1) is 0 Å². The summed E-state index contributed by atoms with van der Waals surface area (Å²) in [5.74, 6) is -1.34. The number of sulfonamides is 1. The normalized spacial score (nSPS) is 15.0. The lowest BCUT2D eigenvalue weighted by molar-refractivity contribution is -0.149. The molecule has 19 nitrogen and oxygen atoms in total. The van der Waals surface area contributed by atoms with Gasteiger partial charge in [0.25, 0.3) is 15.9 Å². The first-order chi connectivity index (χ1) is 46.1. The van der Waals surface area contributed by atoms with Crippen molar-refractivity contribution < 1.29 is 56.1 Å². The fourth-order valence-corrected chi connectivity index (χ4v) is 13.7. The molecule has 0 radical (unpaired) electrons. The zero-order valence-electron chi connectivity index (χ0n) is 58.2. The molecular formula is C77H97N7O12S. The van der Waals surface area contributed by atoms with Gasteiger partial charge in [-0.05, 0) is 193 Å². The second-order valence-electron chi connectivity index (χ2n) is 27.2. The third kappa shape index (κ3) is 20.0. The smallest absolute Gasteiger partial charge is 0.407 e. The number of benzene rings is 7. The first-order valence-corrected chi connectivity index (χ1v) is 35.2. The van der Waals surface area contributed by atoms with E-state index in [0.717, 1.165) is 44.7 Å². The molecule has 6 atom stereocenters. The van der Waals surface area contributed by atoms with Gasteiger partial charge in [0.2, 0.25) is 17.8 Å². The second kappa shape index (κ2) is 33.2. The minimum absolute atomic E-state index is 0.0310. The van der Waals surface area contributed by atoms with Gasteiger partial charge >= 0.3 is 12.1 Å². The molecule has 4 amide bonds. The molecule has 0 aromatic heterocycles. The van der Waals surface area contributed by atoms with Gasteiger partial charge in [-0.3, -0.25) is 19.8 Å². The van der Waals surface area contributed by atoms with Crippen LogP contribution in [0, 0.1) is 38.0 Å². The first kappa shape index (κ1) is 73.6. The molecule has 1 aliphatic rings. The van der Waals surface area contributed by atoms with Gasteiger partial charge in [0.1, 0.15) is 53.2 Å². The van der Waals surface area contributed by atoms with Crippen LogP contribution in [0.5, 0.6) is 17.2 Å². The van der Waals surface area contributed by atoms with E-state index in [2.05, 4.69) is 57.3 Å². The highest BCUT2D eigenvalue weighted by molar-refractivity contribution is 7.90. The van der Waals surface area contributed by atoms with E-state index in [1.807, 2.05) is 149 Å². The van der Waals surface area contributed by atoms with E-state index in [1.165, 1.54) is 5.56 Å². The quantitative estimate of drug-likeness (QED) is 0.00957. The number of guanidine groups is 1. The average Bonchev–Trinajstić information content (AvgIpc) is 0.751. The Labute approximate surface area is 571 Å². The largest absolute Gasteiger partial charge is 0.493 e. The Hall–Kier alpha value is -9.17. The van der Waals surface area contributed by atoms with Gasteiger partial charge in [0.05, 0.1) is 11.5 Å². The molecule has 0 fully saturated rings. The summed E-state index contributed by atoms with van der Waals surface area (Å²) in [7, 11) is -4.30. The number of carbonyl (C=O) groups excluding carboxylic acids is 5. The maximum atomic E-state index is 15.0. The summed E-state index contributed by atoms with van der Waals surface area (Å²) in [5, 5.41) is 26.7. The molecule has 0 bridgehead atoms. The Balaban J connectivity index is 1.04. The molecule has 0 unspecified atom stereocenters. The number of carbonyl (C=O) groups is 5. The van der Waals surface area contributed by atoms with E-state index >= 15 is 4.79 Å². The van der Waals surface area contributed by atoms with Gasteiger partial charge in [0.15, 0.2) is 6.61 Å². The molecule has 7 aromatic rings. The molecule has 0 spiro atoms. The summed E-state index contributed by atoms with van der Waals surface area (Å²) in [6.07, 6.45) is 2.24. The highest BCUT2D eigenvalue weighted by atomic mass is 32.2. The molecule has 1 heterocycles. The van der Waals surface area contributed by atoms with Crippen LogP contribution in [0.25, 0.3) is 32.7 Å². The molecule has 8 rings (SSSR count). The monoisotopic (exact) mass is 1340 g/mol. The Bertz CT molecular complexity index is 4040. The lowest BCUT2D eigenvalue weighted by Crippen LogP contribution is -2.56. The molecule has 1 aliphatic heterocycles. The fourth-order valence-electron chi connectivity index (χ4n) is 12.2. The van der Waals surface area contributed by atoms with Crippen LogP contribution < -0.4 is 45.5 Å². The first-order valence-electron chi connectivity index (χ1n) is 33.7. The Kier molecular flexibility index (Phi) is 25.2. The Morgan fingerprint density at radius 1 is 0.660 bits per heavy atom. The Morgan fingerprint density at radius 2 is 1.22 bits per heavy atom. The summed E-state index contributed by atoms with van der Waals surface area (Å²) in [4.78, 5) is 70.9. The number of hydrogen-bond acceptors (Lipinski definition) is 13. The average molecular weight is 1340 g/mol. The number of alkyl carbamates (subject to hydrolysis) is 1. The number of ether oxygens (including phenoxy) is 5. The van der Waals surface area contributed by atoms with Crippen LogP contribution in [0.1, 0.15) is 141 Å². The number of amides is 4. The van der Waals surface area contributed by atoms with E-state index in [9.17, 15) is 27.6 Å². The minimum Gasteiger partial charge on any atom is -0.493 e. The van der Waals surface area contributed by atoms with Crippen molar-refractivity contribution in [3.05, 3.63) is 167 Å². The van der Waals surface area contributed by atoms with Crippen molar-refractivity contribution in [2.45, 2.75) is 188 Å². The number of fused-ring (bicyclic) bond motifs is 3. The van der Waals surface area contributed by atoms with E-state index in [-0.39, 0.29) is 55.6 Å². The SMILES string of the molecule is CCC[C@H](NC(=O)[C@@H](CCCNC(=N)NS(=O)(=O)c1c(C)c(C)c2c(c1C)C[C@@H](C)C(C)(C)O2)NC(=O)[C@@H](CCC[C@H](C)NC(=O)OC(C)(C)C)NC(=O)COc1ccc2ccccc2c1-c1c(OC[C@@H](C)Cc2ccccc2)ccc2ccccc12)C(=O)OCc1ccccc1. The molecule has 20 heteroatoms. The lowest BCUT2D eigenvalue weighted by atomic mass is 9.81. The third-order valence-corrected chi connectivity index (χ3v) is 19.4. The van der Waals surface area contributed by atoms with Crippen molar-refractivity contribution in [3.63, 3.8) is 0 Å². The number of nitrogens with one attached hydrogen (secondary N) is 7. The number of rotatable bonds is 30.